The summed E-state index contributed by atoms with van der Waals surface area (Å²) in [6.07, 6.45) is 0. The monoisotopic (exact) mass is 409 g/mol. The Morgan fingerprint density at radius 2 is 1.90 bits per heavy atom. The van der Waals surface area contributed by atoms with E-state index in [-0.39, 0.29) is 17.1 Å². The summed E-state index contributed by atoms with van der Waals surface area (Å²) in [5.41, 5.74) is 2.27. The Balaban J connectivity index is 1.87. The van der Waals surface area contributed by atoms with Gasteiger partial charge in [-0.2, -0.15) is 0 Å². The zero-order valence-electron chi connectivity index (χ0n) is 18.5. The zero-order chi connectivity index (χ0) is 21.5. The SMILES string of the molecule is CCN1CCN([C@@H](c2cc3cccc(C)c3[nH]c2=O)c2nnnn2C(C)(C)C)CC1. The van der Waals surface area contributed by atoms with Gasteiger partial charge in [-0.1, -0.05) is 25.1 Å². The van der Waals surface area contributed by atoms with Crippen molar-refractivity contribution in [1.29, 1.82) is 0 Å². The topological polar surface area (TPSA) is 82.9 Å². The highest BCUT2D eigenvalue weighted by molar-refractivity contribution is 5.82. The number of benzene rings is 1. The quantitative estimate of drug-likeness (QED) is 0.712. The Kier molecular flexibility index (Phi) is 5.46. The van der Waals surface area contributed by atoms with Gasteiger partial charge in [-0.15, -0.1) is 5.10 Å². The Labute approximate surface area is 176 Å². The molecule has 1 N–H and O–H groups in total. The maximum Gasteiger partial charge on any atom is 0.253 e. The number of hydrogen-bond donors (Lipinski definition) is 1. The van der Waals surface area contributed by atoms with Gasteiger partial charge < -0.3 is 9.88 Å². The van der Waals surface area contributed by atoms with E-state index >= 15 is 0 Å². The molecule has 8 nitrogen and oxygen atoms in total. The van der Waals surface area contributed by atoms with Crippen molar-refractivity contribution in [3.05, 3.63) is 51.6 Å². The molecule has 2 aromatic heterocycles. The summed E-state index contributed by atoms with van der Waals surface area (Å²) in [5, 5.41) is 13.7. The van der Waals surface area contributed by atoms with Gasteiger partial charge >= 0.3 is 0 Å². The van der Waals surface area contributed by atoms with Gasteiger partial charge in [0.2, 0.25) is 0 Å². The lowest BCUT2D eigenvalue weighted by Crippen LogP contribution is -2.49. The van der Waals surface area contributed by atoms with Gasteiger partial charge in [0.15, 0.2) is 5.82 Å². The fourth-order valence-corrected chi connectivity index (χ4v) is 4.28. The second-order valence-corrected chi connectivity index (χ2v) is 9.09. The van der Waals surface area contributed by atoms with E-state index < -0.39 is 0 Å². The molecule has 0 radical (unpaired) electrons. The number of fused-ring (bicyclic) bond motifs is 1. The molecule has 0 unspecified atom stereocenters. The van der Waals surface area contributed by atoms with Crippen LogP contribution in [0.3, 0.4) is 0 Å². The number of aromatic nitrogens is 5. The lowest BCUT2D eigenvalue weighted by molar-refractivity contribution is 0.105. The molecule has 1 fully saturated rings. The predicted molar refractivity (Wildman–Crippen MR) is 118 cm³/mol. The van der Waals surface area contributed by atoms with E-state index in [1.54, 1.807) is 0 Å². The average Bonchev–Trinajstić information content (AvgIpc) is 3.20. The van der Waals surface area contributed by atoms with Crippen molar-refractivity contribution in [3.8, 4) is 0 Å². The predicted octanol–water partition coefficient (Wildman–Crippen LogP) is 2.30. The van der Waals surface area contributed by atoms with E-state index in [0.29, 0.717) is 11.4 Å². The van der Waals surface area contributed by atoms with Crippen LogP contribution in [0.25, 0.3) is 10.9 Å². The van der Waals surface area contributed by atoms with Crippen molar-refractivity contribution in [2.45, 2.75) is 46.2 Å². The minimum atomic E-state index is -0.299. The number of H-pyrrole nitrogens is 1. The van der Waals surface area contributed by atoms with Gasteiger partial charge in [-0.3, -0.25) is 9.69 Å². The number of aromatic amines is 1. The standard InChI is InChI=1S/C22H31N7O/c1-6-27-10-12-28(13-11-27)19(20-24-25-26-29(20)22(3,4)5)17-14-16-9-7-8-15(2)18(16)23-21(17)30/h7-9,14,19H,6,10-13H2,1-5H3,(H,23,30)/t19-/m0/s1. The Bertz CT molecular complexity index is 1090. The van der Waals surface area contributed by atoms with Crippen molar-refractivity contribution in [2.24, 2.45) is 0 Å². The van der Waals surface area contributed by atoms with Crippen LogP contribution in [0.5, 0.6) is 0 Å². The normalized spacial score (nSPS) is 17.5. The third-order valence-corrected chi connectivity index (χ3v) is 6.00. The number of para-hydroxylation sites is 1. The summed E-state index contributed by atoms with van der Waals surface area (Å²) < 4.78 is 1.85. The molecule has 1 aliphatic rings. The smallest absolute Gasteiger partial charge is 0.253 e. The first-order valence-corrected chi connectivity index (χ1v) is 10.7. The highest BCUT2D eigenvalue weighted by Gasteiger charge is 2.34. The van der Waals surface area contributed by atoms with Gasteiger partial charge in [0.25, 0.3) is 5.56 Å². The van der Waals surface area contributed by atoms with E-state index in [9.17, 15) is 4.79 Å². The molecule has 1 atom stereocenters. The maximum absolute atomic E-state index is 13.3. The van der Waals surface area contributed by atoms with Crippen LogP contribution in [0.4, 0.5) is 0 Å². The van der Waals surface area contributed by atoms with Crippen LogP contribution < -0.4 is 5.56 Å². The summed E-state index contributed by atoms with van der Waals surface area (Å²) in [6.45, 7) is 15.1. The molecule has 30 heavy (non-hydrogen) atoms. The lowest BCUT2D eigenvalue weighted by atomic mass is 10.0. The van der Waals surface area contributed by atoms with Crippen LogP contribution in [-0.4, -0.2) is 67.7 Å². The van der Waals surface area contributed by atoms with Crippen molar-refractivity contribution < 1.29 is 0 Å². The fourth-order valence-electron chi connectivity index (χ4n) is 4.28. The molecule has 0 bridgehead atoms. The van der Waals surface area contributed by atoms with E-state index in [0.717, 1.165) is 49.2 Å². The lowest BCUT2D eigenvalue weighted by Gasteiger charge is -2.39. The summed E-state index contributed by atoms with van der Waals surface area (Å²) in [5.74, 6) is 0.713. The molecule has 160 valence electrons. The van der Waals surface area contributed by atoms with Crippen molar-refractivity contribution in [1.82, 2.24) is 35.0 Å². The van der Waals surface area contributed by atoms with Crippen molar-refractivity contribution in [2.75, 3.05) is 32.7 Å². The first-order chi connectivity index (χ1) is 14.3. The molecule has 1 saturated heterocycles. The number of rotatable bonds is 4. The third kappa shape index (κ3) is 3.77. The molecule has 8 heteroatoms. The average molecular weight is 410 g/mol. The number of pyridine rings is 1. The molecule has 0 saturated carbocycles. The van der Waals surface area contributed by atoms with Crippen molar-refractivity contribution >= 4 is 10.9 Å². The van der Waals surface area contributed by atoms with E-state index in [4.69, 9.17) is 0 Å². The first-order valence-electron chi connectivity index (χ1n) is 10.7. The minimum Gasteiger partial charge on any atom is -0.321 e. The molecule has 0 spiro atoms. The van der Waals surface area contributed by atoms with Gasteiger partial charge in [0, 0.05) is 31.7 Å². The van der Waals surface area contributed by atoms with Gasteiger partial charge in [-0.25, -0.2) is 4.68 Å². The first kappa shape index (κ1) is 20.7. The highest BCUT2D eigenvalue weighted by atomic mass is 16.1. The van der Waals surface area contributed by atoms with Gasteiger partial charge in [0.05, 0.1) is 11.1 Å². The second-order valence-electron chi connectivity index (χ2n) is 9.09. The highest BCUT2D eigenvalue weighted by Crippen LogP contribution is 2.30. The Morgan fingerprint density at radius 3 is 2.57 bits per heavy atom. The van der Waals surface area contributed by atoms with E-state index in [1.807, 2.05) is 35.9 Å². The molecule has 0 aliphatic carbocycles. The number of nitrogens with one attached hydrogen (secondary N) is 1. The van der Waals surface area contributed by atoms with Crippen LogP contribution in [0.2, 0.25) is 0 Å². The van der Waals surface area contributed by atoms with E-state index in [1.165, 1.54) is 0 Å². The fraction of sp³-hybridized carbons (Fsp3) is 0.545. The molecule has 1 aliphatic heterocycles. The number of aryl methyl sites for hydroxylation is 1. The third-order valence-electron chi connectivity index (χ3n) is 6.00. The molecule has 3 aromatic rings. The molecule has 0 amide bonds. The maximum atomic E-state index is 13.3. The van der Waals surface area contributed by atoms with Gasteiger partial charge in [0.1, 0.15) is 6.04 Å². The summed E-state index contributed by atoms with van der Waals surface area (Å²) in [4.78, 5) is 21.2. The number of nitrogens with zero attached hydrogens (tertiary/aromatic N) is 6. The number of likely N-dealkylation sites (N-methyl/N-ethyl adjacent to an activating group) is 1. The van der Waals surface area contributed by atoms with Crippen LogP contribution in [0.1, 0.15) is 50.7 Å². The van der Waals surface area contributed by atoms with Gasteiger partial charge in [-0.05, 0) is 61.7 Å². The van der Waals surface area contributed by atoms with Crippen LogP contribution >= 0.6 is 0 Å². The molecule has 1 aromatic carbocycles. The van der Waals surface area contributed by atoms with E-state index in [2.05, 4.69) is 58.0 Å². The summed E-state index contributed by atoms with van der Waals surface area (Å²) in [6, 6.07) is 7.79. The number of piperazine rings is 1. The molecule has 3 heterocycles. The summed E-state index contributed by atoms with van der Waals surface area (Å²) >= 11 is 0. The Hall–Kier alpha value is -2.58. The van der Waals surface area contributed by atoms with Crippen LogP contribution in [-0.2, 0) is 5.54 Å². The van der Waals surface area contributed by atoms with Crippen LogP contribution in [0.15, 0.2) is 29.1 Å². The second kappa shape index (κ2) is 7.92. The number of tetrazole rings is 1. The largest absolute Gasteiger partial charge is 0.321 e. The van der Waals surface area contributed by atoms with Crippen LogP contribution in [0, 0.1) is 6.92 Å². The Morgan fingerprint density at radius 1 is 1.17 bits per heavy atom. The summed E-state index contributed by atoms with van der Waals surface area (Å²) in [7, 11) is 0. The minimum absolute atomic E-state index is 0.0804. The molecular weight excluding hydrogens is 378 g/mol. The van der Waals surface area contributed by atoms with Crippen molar-refractivity contribution in [3.63, 3.8) is 0 Å². The number of hydrogen-bond acceptors (Lipinski definition) is 6. The molecular formula is C22H31N7O. The zero-order valence-corrected chi connectivity index (χ0v) is 18.5. The molecule has 4 rings (SSSR count).